The summed E-state index contributed by atoms with van der Waals surface area (Å²) in [6.45, 7) is 1.56. The SMILES string of the molecule is COC(=O)CN(Cc1ccccc1)Cc1nn(-c2ccccc2)c2c1CCC2. The van der Waals surface area contributed by atoms with E-state index in [1.54, 1.807) is 0 Å². The molecular formula is C23H25N3O2. The first-order chi connectivity index (χ1) is 13.7. The zero-order valence-electron chi connectivity index (χ0n) is 16.2. The molecule has 0 saturated carbocycles. The molecule has 0 amide bonds. The van der Waals surface area contributed by atoms with Crippen molar-refractivity contribution >= 4 is 5.97 Å². The first-order valence-corrected chi connectivity index (χ1v) is 9.73. The largest absolute Gasteiger partial charge is 0.468 e. The van der Waals surface area contributed by atoms with Gasteiger partial charge in [0.25, 0.3) is 0 Å². The second kappa shape index (κ2) is 8.40. The summed E-state index contributed by atoms with van der Waals surface area (Å²) in [7, 11) is 1.44. The molecule has 4 rings (SSSR count). The van der Waals surface area contributed by atoms with E-state index >= 15 is 0 Å². The predicted octanol–water partition coefficient (Wildman–Crippen LogP) is 3.54. The number of ether oxygens (including phenoxy) is 1. The fourth-order valence-corrected chi connectivity index (χ4v) is 3.89. The number of carbonyl (C=O) groups excluding carboxylic acids is 1. The molecule has 5 heteroatoms. The van der Waals surface area contributed by atoms with Crippen LogP contribution >= 0.6 is 0 Å². The monoisotopic (exact) mass is 375 g/mol. The Bertz CT molecular complexity index is 935. The van der Waals surface area contributed by atoms with Crippen molar-refractivity contribution in [1.82, 2.24) is 14.7 Å². The predicted molar refractivity (Wildman–Crippen MR) is 108 cm³/mol. The van der Waals surface area contributed by atoms with Crippen LogP contribution in [0.3, 0.4) is 0 Å². The Hall–Kier alpha value is -2.92. The highest BCUT2D eigenvalue weighted by atomic mass is 16.5. The summed E-state index contributed by atoms with van der Waals surface area (Å²) in [5.41, 5.74) is 5.97. The molecule has 0 radical (unpaired) electrons. The number of aromatic nitrogens is 2. The molecule has 0 spiro atoms. The van der Waals surface area contributed by atoms with Gasteiger partial charge in [0.2, 0.25) is 0 Å². The second-order valence-electron chi connectivity index (χ2n) is 7.18. The third-order valence-corrected chi connectivity index (χ3v) is 5.22. The van der Waals surface area contributed by atoms with E-state index in [1.165, 1.54) is 23.9 Å². The highest BCUT2D eigenvalue weighted by Gasteiger charge is 2.25. The topological polar surface area (TPSA) is 47.4 Å². The van der Waals surface area contributed by atoms with Gasteiger partial charge < -0.3 is 4.74 Å². The molecule has 1 aliphatic carbocycles. The van der Waals surface area contributed by atoms with E-state index in [1.807, 2.05) is 36.4 Å². The van der Waals surface area contributed by atoms with Crippen LogP contribution in [0.2, 0.25) is 0 Å². The first kappa shape index (κ1) is 18.4. The Morgan fingerprint density at radius 3 is 2.46 bits per heavy atom. The molecule has 1 aliphatic rings. The van der Waals surface area contributed by atoms with E-state index in [-0.39, 0.29) is 12.5 Å². The Labute approximate surface area is 165 Å². The average Bonchev–Trinajstić information content (AvgIpc) is 3.33. The number of fused-ring (bicyclic) bond motifs is 1. The van der Waals surface area contributed by atoms with Crippen LogP contribution in [-0.2, 0) is 35.5 Å². The van der Waals surface area contributed by atoms with E-state index in [4.69, 9.17) is 9.84 Å². The number of methoxy groups -OCH3 is 1. The van der Waals surface area contributed by atoms with Crippen LogP contribution in [0, 0.1) is 0 Å². The van der Waals surface area contributed by atoms with E-state index in [0.717, 1.165) is 30.6 Å². The van der Waals surface area contributed by atoms with Gasteiger partial charge in [-0.15, -0.1) is 0 Å². The van der Waals surface area contributed by atoms with Crippen molar-refractivity contribution in [2.24, 2.45) is 0 Å². The van der Waals surface area contributed by atoms with Crippen molar-refractivity contribution in [1.29, 1.82) is 0 Å². The number of rotatable bonds is 7. The van der Waals surface area contributed by atoms with Crippen molar-refractivity contribution in [2.75, 3.05) is 13.7 Å². The molecule has 1 heterocycles. The van der Waals surface area contributed by atoms with Crippen molar-refractivity contribution in [2.45, 2.75) is 32.4 Å². The molecule has 2 aromatic carbocycles. The Balaban J connectivity index is 1.62. The van der Waals surface area contributed by atoms with Crippen LogP contribution in [0.5, 0.6) is 0 Å². The number of hydrogen-bond donors (Lipinski definition) is 0. The van der Waals surface area contributed by atoms with E-state index in [9.17, 15) is 4.79 Å². The molecule has 0 N–H and O–H groups in total. The van der Waals surface area contributed by atoms with E-state index in [0.29, 0.717) is 13.1 Å². The number of hydrogen-bond acceptors (Lipinski definition) is 4. The van der Waals surface area contributed by atoms with Crippen molar-refractivity contribution < 1.29 is 9.53 Å². The van der Waals surface area contributed by atoms with Crippen LogP contribution in [-0.4, -0.2) is 34.3 Å². The quantitative estimate of drug-likeness (QED) is 0.593. The molecule has 144 valence electrons. The molecule has 0 fully saturated rings. The van der Waals surface area contributed by atoms with Crippen LogP contribution in [0.15, 0.2) is 60.7 Å². The molecule has 0 saturated heterocycles. The van der Waals surface area contributed by atoms with Crippen LogP contribution in [0.4, 0.5) is 0 Å². The molecule has 0 aliphatic heterocycles. The van der Waals surface area contributed by atoms with Gasteiger partial charge in [0, 0.05) is 18.8 Å². The summed E-state index contributed by atoms with van der Waals surface area (Å²) in [4.78, 5) is 14.1. The fourth-order valence-electron chi connectivity index (χ4n) is 3.89. The normalized spacial score (nSPS) is 12.9. The number of benzene rings is 2. The van der Waals surface area contributed by atoms with Gasteiger partial charge in [0.05, 0.1) is 25.0 Å². The summed E-state index contributed by atoms with van der Waals surface area (Å²) in [6, 6.07) is 20.5. The van der Waals surface area contributed by atoms with Gasteiger partial charge in [-0.3, -0.25) is 9.69 Å². The molecule has 0 bridgehead atoms. The van der Waals surface area contributed by atoms with Crippen LogP contribution in [0.25, 0.3) is 5.69 Å². The zero-order chi connectivity index (χ0) is 19.3. The summed E-state index contributed by atoms with van der Waals surface area (Å²) in [5.74, 6) is -0.227. The molecule has 1 aromatic heterocycles. The standard InChI is InChI=1S/C23H25N3O2/c1-28-23(27)17-25(15-18-9-4-2-5-10-18)16-21-20-13-8-14-22(20)26(24-21)19-11-6-3-7-12-19/h2-7,9-12H,8,13-17H2,1H3. The van der Waals surface area contributed by atoms with Crippen molar-refractivity contribution in [3.8, 4) is 5.69 Å². The third-order valence-electron chi connectivity index (χ3n) is 5.22. The van der Waals surface area contributed by atoms with Gasteiger partial charge in [-0.25, -0.2) is 4.68 Å². The molecule has 5 nitrogen and oxygen atoms in total. The minimum absolute atomic E-state index is 0.227. The third kappa shape index (κ3) is 3.99. The molecule has 0 unspecified atom stereocenters. The highest BCUT2D eigenvalue weighted by Crippen LogP contribution is 2.28. The van der Waals surface area contributed by atoms with Crippen LogP contribution < -0.4 is 0 Å². The molecule has 28 heavy (non-hydrogen) atoms. The first-order valence-electron chi connectivity index (χ1n) is 9.73. The Morgan fingerprint density at radius 1 is 1.04 bits per heavy atom. The van der Waals surface area contributed by atoms with Gasteiger partial charge in [-0.1, -0.05) is 48.5 Å². The number of carbonyl (C=O) groups is 1. The zero-order valence-corrected chi connectivity index (χ0v) is 16.2. The second-order valence-corrected chi connectivity index (χ2v) is 7.18. The summed E-state index contributed by atoms with van der Waals surface area (Å²) >= 11 is 0. The Morgan fingerprint density at radius 2 is 1.75 bits per heavy atom. The lowest BCUT2D eigenvalue weighted by atomic mass is 10.1. The summed E-state index contributed by atoms with van der Waals surface area (Å²) in [5, 5.41) is 4.94. The minimum Gasteiger partial charge on any atom is -0.468 e. The summed E-state index contributed by atoms with van der Waals surface area (Å²) < 4.78 is 7.00. The molecule has 0 atom stereocenters. The maximum Gasteiger partial charge on any atom is 0.319 e. The maximum atomic E-state index is 12.0. The van der Waals surface area contributed by atoms with Gasteiger partial charge in [0.1, 0.15) is 0 Å². The minimum atomic E-state index is -0.227. The lowest BCUT2D eigenvalue weighted by Gasteiger charge is -2.20. The Kier molecular flexibility index (Phi) is 5.53. The molecule has 3 aromatic rings. The lowest BCUT2D eigenvalue weighted by Crippen LogP contribution is -2.30. The fraction of sp³-hybridized carbons (Fsp3) is 0.304. The maximum absolute atomic E-state index is 12.0. The average molecular weight is 375 g/mol. The van der Waals surface area contributed by atoms with Crippen molar-refractivity contribution in [3.63, 3.8) is 0 Å². The van der Waals surface area contributed by atoms with Gasteiger partial charge >= 0.3 is 5.97 Å². The highest BCUT2D eigenvalue weighted by molar-refractivity contribution is 5.71. The lowest BCUT2D eigenvalue weighted by molar-refractivity contribution is -0.142. The van der Waals surface area contributed by atoms with Crippen LogP contribution in [0.1, 0.15) is 28.9 Å². The van der Waals surface area contributed by atoms with E-state index in [2.05, 4.69) is 33.8 Å². The molecular weight excluding hydrogens is 350 g/mol. The number of para-hydroxylation sites is 1. The van der Waals surface area contributed by atoms with Crippen molar-refractivity contribution in [3.05, 3.63) is 83.2 Å². The number of esters is 1. The van der Waals surface area contributed by atoms with Gasteiger partial charge in [0.15, 0.2) is 0 Å². The van der Waals surface area contributed by atoms with E-state index < -0.39 is 0 Å². The van der Waals surface area contributed by atoms with Gasteiger partial charge in [-0.2, -0.15) is 5.10 Å². The number of nitrogens with zero attached hydrogens (tertiary/aromatic N) is 3. The summed E-state index contributed by atoms with van der Waals surface area (Å²) in [6.07, 6.45) is 3.25. The smallest absolute Gasteiger partial charge is 0.319 e. The van der Waals surface area contributed by atoms with Gasteiger partial charge in [-0.05, 0) is 42.5 Å².